The molecule has 2 N–H and O–H groups in total. The van der Waals surface area contributed by atoms with Gasteiger partial charge in [-0.3, -0.25) is 0 Å². The molecule has 2 aromatic carbocycles. The van der Waals surface area contributed by atoms with Crippen molar-refractivity contribution < 1.29 is 8.42 Å². The van der Waals surface area contributed by atoms with Gasteiger partial charge in [0.1, 0.15) is 0 Å². The van der Waals surface area contributed by atoms with Gasteiger partial charge in [-0.05, 0) is 23.6 Å². The number of nitrogens with two attached hydrogens (primary N) is 1. The van der Waals surface area contributed by atoms with Crippen LogP contribution in [0.15, 0.2) is 59.5 Å². The minimum Gasteiger partial charge on any atom is -0.225 e. The van der Waals surface area contributed by atoms with Crippen molar-refractivity contribution in [2.24, 2.45) is 5.14 Å². The zero-order valence-corrected chi connectivity index (χ0v) is 11.7. The van der Waals surface area contributed by atoms with E-state index in [9.17, 15) is 8.42 Å². The van der Waals surface area contributed by atoms with Crippen molar-refractivity contribution in [1.29, 1.82) is 0 Å². The molecule has 2 aromatic rings. The lowest BCUT2D eigenvalue weighted by atomic mass is 10.0. The van der Waals surface area contributed by atoms with E-state index >= 15 is 0 Å². The zero-order chi connectivity index (χ0) is 13.9. The highest BCUT2D eigenvalue weighted by atomic mass is 35.5. The van der Waals surface area contributed by atoms with Crippen molar-refractivity contribution in [2.75, 3.05) is 0 Å². The first-order valence-corrected chi connectivity index (χ1v) is 7.76. The molecule has 3 nitrogen and oxygen atoms in total. The Balaban J connectivity index is 2.30. The molecule has 100 valence electrons. The summed E-state index contributed by atoms with van der Waals surface area (Å²) < 4.78 is 23.0. The minimum absolute atomic E-state index is 0.136. The molecule has 0 bridgehead atoms. The summed E-state index contributed by atoms with van der Waals surface area (Å²) in [5.41, 5.74) is 1.59. The predicted octanol–water partition coefficient (Wildman–Crippen LogP) is 2.86. The third-order valence-corrected chi connectivity index (χ3v) is 4.26. The molecule has 0 aliphatic heterocycles. The summed E-state index contributed by atoms with van der Waals surface area (Å²) in [6, 6.07) is 16.2. The monoisotopic (exact) mass is 295 g/mol. The summed E-state index contributed by atoms with van der Waals surface area (Å²) >= 11 is 6.33. The van der Waals surface area contributed by atoms with Gasteiger partial charge in [0, 0.05) is 0 Å². The SMILES string of the molecule is NS(=O)(=O)c1ccccc1CC(Cl)c1ccccc1. The quantitative estimate of drug-likeness (QED) is 0.882. The fourth-order valence-corrected chi connectivity index (χ4v) is 3.02. The topological polar surface area (TPSA) is 60.2 Å². The van der Waals surface area contributed by atoms with Crippen LogP contribution in [0.1, 0.15) is 16.5 Å². The van der Waals surface area contributed by atoms with Crippen LogP contribution in [0.3, 0.4) is 0 Å². The van der Waals surface area contributed by atoms with Crippen molar-refractivity contribution in [1.82, 2.24) is 0 Å². The summed E-state index contributed by atoms with van der Waals surface area (Å²) in [4.78, 5) is 0.136. The van der Waals surface area contributed by atoms with Crippen LogP contribution in [0.25, 0.3) is 0 Å². The Morgan fingerprint density at radius 3 is 2.21 bits per heavy atom. The van der Waals surface area contributed by atoms with Crippen LogP contribution in [0.5, 0.6) is 0 Å². The molecular formula is C14H14ClNO2S. The van der Waals surface area contributed by atoms with Crippen molar-refractivity contribution >= 4 is 21.6 Å². The Morgan fingerprint density at radius 1 is 1.00 bits per heavy atom. The van der Waals surface area contributed by atoms with E-state index in [0.717, 1.165) is 5.56 Å². The van der Waals surface area contributed by atoms with Gasteiger partial charge in [-0.15, -0.1) is 11.6 Å². The lowest BCUT2D eigenvalue weighted by Gasteiger charge is -2.12. The first-order chi connectivity index (χ1) is 8.98. The van der Waals surface area contributed by atoms with Crippen LogP contribution in [0, 0.1) is 0 Å². The van der Waals surface area contributed by atoms with E-state index in [1.54, 1.807) is 18.2 Å². The van der Waals surface area contributed by atoms with E-state index in [0.29, 0.717) is 12.0 Å². The highest BCUT2D eigenvalue weighted by Gasteiger charge is 2.16. The second-order valence-corrected chi connectivity index (χ2v) is 6.29. The average Bonchev–Trinajstić information content (AvgIpc) is 2.39. The zero-order valence-electron chi connectivity index (χ0n) is 10.2. The normalized spacial score (nSPS) is 13.2. The fourth-order valence-electron chi connectivity index (χ4n) is 1.92. The van der Waals surface area contributed by atoms with Crippen LogP contribution in [-0.4, -0.2) is 8.42 Å². The smallest absolute Gasteiger partial charge is 0.225 e. The van der Waals surface area contributed by atoms with Gasteiger partial charge in [0.05, 0.1) is 10.3 Å². The number of benzene rings is 2. The number of hydrogen-bond donors (Lipinski definition) is 1. The summed E-state index contributed by atoms with van der Waals surface area (Å²) in [7, 11) is -3.72. The number of alkyl halides is 1. The largest absolute Gasteiger partial charge is 0.238 e. The molecule has 2 rings (SSSR count). The standard InChI is InChI=1S/C14H14ClNO2S/c15-13(11-6-2-1-3-7-11)10-12-8-4-5-9-14(12)19(16,17)18/h1-9,13H,10H2,(H2,16,17,18). The molecular weight excluding hydrogens is 282 g/mol. The van der Waals surface area contributed by atoms with Crippen LogP contribution >= 0.6 is 11.6 Å². The minimum atomic E-state index is -3.72. The Bertz CT molecular complexity index is 656. The third-order valence-electron chi connectivity index (χ3n) is 2.84. The van der Waals surface area contributed by atoms with Gasteiger partial charge in [0.25, 0.3) is 0 Å². The molecule has 0 aliphatic rings. The van der Waals surface area contributed by atoms with Gasteiger partial charge < -0.3 is 0 Å². The highest BCUT2D eigenvalue weighted by molar-refractivity contribution is 7.89. The first kappa shape index (κ1) is 14.1. The summed E-state index contributed by atoms with van der Waals surface area (Å²) in [6.07, 6.45) is 0.415. The molecule has 0 radical (unpaired) electrons. The van der Waals surface area contributed by atoms with E-state index in [4.69, 9.17) is 16.7 Å². The van der Waals surface area contributed by atoms with Gasteiger partial charge in [0.15, 0.2) is 0 Å². The molecule has 0 spiro atoms. The van der Waals surface area contributed by atoms with Gasteiger partial charge >= 0.3 is 0 Å². The Kier molecular flexibility index (Phi) is 4.24. The van der Waals surface area contributed by atoms with Crippen molar-refractivity contribution in [3.63, 3.8) is 0 Å². The van der Waals surface area contributed by atoms with E-state index in [1.165, 1.54) is 6.07 Å². The number of sulfonamides is 1. The number of primary sulfonamides is 1. The Hall–Kier alpha value is -1.36. The van der Waals surface area contributed by atoms with Crippen molar-refractivity contribution in [2.45, 2.75) is 16.7 Å². The van der Waals surface area contributed by atoms with E-state index in [1.807, 2.05) is 30.3 Å². The Labute approximate surface area is 118 Å². The van der Waals surface area contributed by atoms with Gasteiger partial charge in [-0.1, -0.05) is 48.5 Å². The molecule has 0 aromatic heterocycles. The van der Waals surface area contributed by atoms with Crippen molar-refractivity contribution in [3.8, 4) is 0 Å². The summed E-state index contributed by atoms with van der Waals surface area (Å²) in [5.74, 6) is 0. The molecule has 0 aliphatic carbocycles. The lowest BCUT2D eigenvalue weighted by molar-refractivity contribution is 0.596. The van der Waals surface area contributed by atoms with Gasteiger partial charge in [-0.2, -0.15) is 0 Å². The second-order valence-electron chi connectivity index (χ2n) is 4.24. The highest BCUT2D eigenvalue weighted by Crippen LogP contribution is 2.27. The van der Waals surface area contributed by atoms with E-state index in [-0.39, 0.29) is 10.3 Å². The number of hydrogen-bond acceptors (Lipinski definition) is 2. The number of rotatable bonds is 4. The molecule has 19 heavy (non-hydrogen) atoms. The van der Waals surface area contributed by atoms with Gasteiger partial charge in [-0.25, -0.2) is 13.6 Å². The molecule has 0 saturated carbocycles. The Morgan fingerprint density at radius 2 is 1.58 bits per heavy atom. The van der Waals surface area contributed by atoms with Gasteiger partial charge in [0.2, 0.25) is 10.0 Å². The van der Waals surface area contributed by atoms with Crippen LogP contribution < -0.4 is 5.14 Å². The maximum atomic E-state index is 11.5. The number of halogens is 1. The van der Waals surface area contributed by atoms with E-state index < -0.39 is 10.0 Å². The van der Waals surface area contributed by atoms with Crippen molar-refractivity contribution in [3.05, 3.63) is 65.7 Å². The second kappa shape index (κ2) is 5.74. The molecule has 0 saturated heterocycles. The maximum absolute atomic E-state index is 11.5. The average molecular weight is 296 g/mol. The fraction of sp³-hybridized carbons (Fsp3) is 0.143. The first-order valence-electron chi connectivity index (χ1n) is 5.78. The molecule has 0 amide bonds. The predicted molar refractivity (Wildman–Crippen MR) is 76.6 cm³/mol. The van der Waals surface area contributed by atoms with Crippen LogP contribution in [-0.2, 0) is 16.4 Å². The lowest BCUT2D eigenvalue weighted by Crippen LogP contribution is -2.15. The van der Waals surface area contributed by atoms with E-state index in [2.05, 4.69) is 0 Å². The third kappa shape index (κ3) is 3.56. The summed E-state index contributed by atoms with van der Waals surface area (Å²) in [5, 5.41) is 4.91. The summed E-state index contributed by atoms with van der Waals surface area (Å²) in [6.45, 7) is 0. The molecule has 0 heterocycles. The molecule has 1 atom stereocenters. The van der Waals surface area contributed by atoms with Crippen LogP contribution in [0.2, 0.25) is 0 Å². The maximum Gasteiger partial charge on any atom is 0.238 e. The molecule has 0 fully saturated rings. The molecule has 5 heteroatoms. The van der Waals surface area contributed by atoms with Crippen LogP contribution in [0.4, 0.5) is 0 Å². The molecule has 1 unspecified atom stereocenters.